The van der Waals surface area contributed by atoms with Crippen molar-refractivity contribution in [1.29, 1.82) is 0 Å². The summed E-state index contributed by atoms with van der Waals surface area (Å²) in [5.74, 6) is -1.01. The predicted molar refractivity (Wildman–Crippen MR) is 64.1 cm³/mol. The van der Waals surface area contributed by atoms with Crippen LogP contribution in [0.25, 0.3) is 0 Å². The molecule has 1 N–H and O–H groups in total. The lowest BCUT2D eigenvalue weighted by atomic mass is 9.81. The first kappa shape index (κ1) is 15.4. The Labute approximate surface area is 101 Å². The van der Waals surface area contributed by atoms with Gasteiger partial charge >= 0.3 is 5.97 Å². The van der Waals surface area contributed by atoms with Crippen LogP contribution in [-0.2, 0) is 14.3 Å². The number of rotatable bonds is 5. The molecule has 0 radical (unpaired) electrons. The van der Waals surface area contributed by atoms with Gasteiger partial charge in [-0.1, -0.05) is 32.5 Å². The molecule has 0 amide bonds. The number of carbonyl (C=O) groups excluding carboxylic acids is 2. The SMILES string of the molecule is CCSC(=O)[C@H](C(C)C)[C@@](C)(O)C(=O)OC. The molecule has 0 saturated heterocycles. The molecule has 0 heterocycles. The van der Waals surface area contributed by atoms with Gasteiger partial charge in [0.1, 0.15) is 0 Å². The molecular formula is C11H20O4S. The maximum atomic E-state index is 11.8. The van der Waals surface area contributed by atoms with Crippen LogP contribution in [0.15, 0.2) is 0 Å². The Morgan fingerprint density at radius 1 is 1.44 bits per heavy atom. The monoisotopic (exact) mass is 248 g/mol. The van der Waals surface area contributed by atoms with E-state index in [2.05, 4.69) is 4.74 Å². The van der Waals surface area contributed by atoms with Gasteiger partial charge in [-0.2, -0.15) is 0 Å². The van der Waals surface area contributed by atoms with Gasteiger partial charge in [-0.05, 0) is 18.6 Å². The summed E-state index contributed by atoms with van der Waals surface area (Å²) in [5.41, 5.74) is -1.76. The van der Waals surface area contributed by atoms with Crippen molar-refractivity contribution < 1.29 is 19.4 Å². The van der Waals surface area contributed by atoms with Gasteiger partial charge < -0.3 is 9.84 Å². The van der Waals surface area contributed by atoms with Crippen LogP contribution in [0.4, 0.5) is 0 Å². The van der Waals surface area contributed by atoms with E-state index in [1.807, 2.05) is 6.92 Å². The number of esters is 1. The average Bonchev–Trinajstić information content (AvgIpc) is 2.15. The molecule has 0 aliphatic carbocycles. The summed E-state index contributed by atoms with van der Waals surface area (Å²) < 4.78 is 4.52. The Morgan fingerprint density at radius 2 is 1.94 bits per heavy atom. The lowest BCUT2D eigenvalue weighted by Crippen LogP contribution is -2.49. The highest BCUT2D eigenvalue weighted by Crippen LogP contribution is 2.30. The number of thioether (sulfide) groups is 1. The highest BCUT2D eigenvalue weighted by atomic mass is 32.2. The van der Waals surface area contributed by atoms with Crippen molar-refractivity contribution in [2.45, 2.75) is 33.3 Å². The first-order valence-electron chi connectivity index (χ1n) is 5.26. The van der Waals surface area contributed by atoms with Crippen LogP contribution in [0, 0.1) is 11.8 Å². The van der Waals surface area contributed by atoms with Gasteiger partial charge in [0.05, 0.1) is 13.0 Å². The van der Waals surface area contributed by atoms with Gasteiger partial charge in [-0.3, -0.25) is 4.79 Å². The first-order valence-corrected chi connectivity index (χ1v) is 6.25. The van der Waals surface area contributed by atoms with Crippen molar-refractivity contribution in [2.75, 3.05) is 12.9 Å². The Kier molecular flexibility index (Phi) is 6.04. The van der Waals surface area contributed by atoms with Crippen molar-refractivity contribution in [3.8, 4) is 0 Å². The standard InChI is InChI=1S/C11H20O4S/c1-6-16-9(12)8(7(2)3)11(4,14)10(13)15-5/h7-8,14H,6H2,1-5H3/t8-,11+/m0/s1. The highest BCUT2D eigenvalue weighted by molar-refractivity contribution is 8.13. The van der Waals surface area contributed by atoms with Crippen LogP contribution in [0.5, 0.6) is 0 Å². The van der Waals surface area contributed by atoms with Gasteiger partial charge in [0, 0.05) is 0 Å². The van der Waals surface area contributed by atoms with Crippen LogP contribution in [0.2, 0.25) is 0 Å². The summed E-state index contributed by atoms with van der Waals surface area (Å²) in [6.07, 6.45) is 0. The molecule has 0 rings (SSSR count). The normalized spacial score (nSPS) is 16.7. The minimum absolute atomic E-state index is 0.124. The average molecular weight is 248 g/mol. The van der Waals surface area contributed by atoms with E-state index >= 15 is 0 Å². The quantitative estimate of drug-likeness (QED) is 0.746. The molecule has 0 aliphatic heterocycles. The number of hydrogen-bond donors (Lipinski definition) is 1. The van der Waals surface area contributed by atoms with Crippen LogP contribution in [0.3, 0.4) is 0 Å². The summed E-state index contributed by atoms with van der Waals surface area (Å²) in [6, 6.07) is 0. The zero-order valence-corrected chi connectivity index (χ0v) is 11.3. The van der Waals surface area contributed by atoms with Gasteiger partial charge in [0.2, 0.25) is 0 Å². The highest BCUT2D eigenvalue weighted by Gasteiger charge is 2.46. The fourth-order valence-electron chi connectivity index (χ4n) is 1.72. The maximum absolute atomic E-state index is 11.8. The second kappa shape index (κ2) is 6.25. The van der Waals surface area contributed by atoms with E-state index in [9.17, 15) is 14.7 Å². The largest absolute Gasteiger partial charge is 0.467 e. The molecule has 0 spiro atoms. The number of ether oxygens (including phenoxy) is 1. The molecule has 0 aliphatic rings. The topological polar surface area (TPSA) is 63.6 Å². The summed E-state index contributed by atoms with van der Waals surface area (Å²) >= 11 is 1.12. The molecule has 5 heteroatoms. The number of hydrogen-bond acceptors (Lipinski definition) is 5. The first-order chi connectivity index (χ1) is 7.28. The van der Waals surface area contributed by atoms with Crippen molar-refractivity contribution in [1.82, 2.24) is 0 Å². The molecule has 0 aromatic heterocycles. The van der Waals surface area contributed by atoms with E-state index < -0.39 is 17.5 Å². The fourth-order valence-corrected chi connectivity index (χ4v) is 2.68. The van der Waals surface area contributed by atoms with E-state index in [1.54, 1.807) is 13.8 Å². The molecule has 94 valence electrons. The van der Waals surface area contributed by atoms with E-state index in [4.69, 9.17) is 0 Å². The molecule has 0 aromatic rings. The van der Waals surface area contributed by atoms with E-state index in [0.29, 0.717) is 5.75 Å². The van der Waals surface area contributed by atoms with Crippen molar-refractivity contribution >= 4 is 22.8 Å². The smallest absolute Gasteiger partial charge is 0.338 e. The molecule has 0 unspecified atom stereocenters. The van der Waals surface area contributed by atoms with Crippen LogP contribution < -0.4 is 0 Å². The zero-order valence-electron chi connectivity index (χ0n) is 10.4. The minimum Gasteiger partial charge on any atom is -0.467 e. The minimum atomic E-state index is -1.76. The molecule has 0 saturated carbocycles. The lowest BCUT2D eigenvalue weighted by Gasteiger charge is -2.31. The third-order valence-electron chi connectivity index (χ3n) is 2.41. The number of carbonyl (C=O) groups is 2. The van der Waals surface area contributed by atoms with Gasteiger partial charge in [-0.25, -0.2) is 4.79 Å². The van der Waals surface area contributed by atoms with Gasteiger partial charge in [-0.15, -0.1) is 0 Å². The maximum Gasteiger partial charge on any atom is 0.338 e. The Bertz CT molecular complexity index is 261. The number of aliphatic hydroxyl groups is 1. The lowest BCUT2D eigenvalue weighted by molar-refractivity contribution is -0.169. The van der Waals surface area contributed by atoms with E-state index in [-0.39, 0.29) is 11.0 Å². The van der Waals surface area contributed by atoms with Crippen LogP contribution in [0.1, 0.15) is 27.7 Å². The summed E-state index contributed by atoms with van der Waals surface area (Å²) in [5, 5.41) is 9.93. The van der Waals surface area contributed by atoms with Gasteiger partial charge in [0.15, 0.2) is 10.7 Å². The summed E-state index contributed by atoms with van der Waals surface area (Å²) in [7, 11) is 1.20. The second-order valence-electron chi connectivity index (χ2n) is 4.11. The summed E-state index contributed by atoms with van der Waals surface area (Å²) in [4.78, 5) is 23.3. The Hall–Kier alpha value is -0.550. The molecule has 0 fully saturated rings. The van der Waals surface area contributed by atoms with E-state index in [1.165, 1.54) is 14.0 Å². The number of methoxy groups -OCH3 is 1. The molecular weight excluding hydrogens is 228 g/mol. The van der Waals surface area contributed by atoms with Crippen molar-refractivity contribution in [3.63, 3.8) is 0 Å². The van der Waals surface area contributed by atoms with Gasteiger partial charge in [0.25, 0.3) is 0 Å². The fraction of sp³-hybridized carbons (Fsp3) is 0.818. The molecule has 2 atom stereocenters. The molecule has 0 bridgehead atoms. The zero-order chi connectivity index (χ0) is 12.9. The third kappa shape index (κ3) is 3.49. The molecule has 4 nitrogen and oxygen atoms in total. The predicted octanol–water partition coefficient (Wildman–Crippen LogP) is 1.46. The second-order valence-corrected chi connectivity index (χ2v) is 5.38. The van der Waals surface area contributed by atoms with Crippen LogP contribution in [-0.4, -0.2) is 34.7 Å². The van der Waals surface area contributed by atoms with Crippen LogP contribution >= 0.6 is 11.8 Å². The third-order valence-corrected chi connectivity index (χ3v) is 3.24. The Morgan fingerprint density at radius 3 is 2.25 bits per heavy atom. The summed E-state index contributed by atoms with van der Waals surface area (Å²) in [6.45, 7) is 6.79. The van der Waals surface area contributed by atoms with Crippen molar-refractivity contribution in [2.24, 2.45) is 11.8 Å². The van der Waals surface area contributed by atoms with E-state index in [0.717, 1.165) is 11.8 Å². The molecule has 16 heavy (non-hydrogen) atoms. The Balaban J connectivity index is 5.04. The molecule has 0 aromatic carbocycles. The van der Waals surface area contributed by atoms with Crippen molar-refractivity contribution in [3.05, 3.63) is 0 Å².